The lowest BCUT2D eigenvalue weighted by Gasteiger charge is -2.14. The number of hydrogen-bond donors (Lipinski definition) is 1. The molecule has 0 radical (unpaired) electrons. The van der Waals surface area contributed by atoms with Crippen molar-refractivity contribution in [3.05, 3.63) is 86.7 Å². The van der Waals surface area contributed by atoms with Gasteiger partial charge in [0, 0.05) is 9.13 Å². The zero-order valence-corrected chi connectivity index (χ0v) is 15.2. The van der Waals surface area contributed by atoms with Crippen LogP contribution in [0.4, 0.5) is 0 Å². The lowest BCUT2D eigenvalue weighted by molar-refractivity contribution is 0.475. The normalized spacial score (nSPS) is 10.9. The predicted molar refractivity (Wildman–Crippen MR) is 107 cm³/mol. The molecule has 5 heteroatoms. The van der Waals surface area contributed by atoms with E-state index in [9.17, 15) is 9.90 Å². The van der Waals surface area contributed by atoms with E-state index < -0.39 is 0 Å². The fourth-order valence-corrected chi connectivity index (χ4v) is 3.27. The Labute approximate surface area is 157 Å². The molecule has 0 unspecified atom stereocenters. The van der Waals surface area contributed by atoms with Crippen LogP contribution in [0.2, 0.25) is 0 Å². The van der Waals surface area contributed by atoms with Crippen LogP contribution < -0.4 is 5.56 Å². The van der Waals surface area contributed by atoms with Crippen LogP contribution in [-0.4, -0.2) is 14.7 Å². The number of hydrogen-bond acceptors (Lipinski definition) is 3. The number of phenols is 1. The highest BCUT2D eigenvalue weighted by atomic mass is 127. The Bertz CT molecular complexity index is 1120. The summed E-state index contributed by atoms with van der Waals surface area (Å²) in [6, 6.07) is 21.8. The van der Waals surface area contributed by atoms with E-state index in [0.29, 0.717) is 22.4 Å². The summed E-state index contributed by atoms with van der Waals surface area (Å²) in [6.07, 6.45) is 0. The van der Waals surface area contributed by atoms with Crippen molar-refractivity contribution in [2.24, 2.45) is 0 Å². The van der Waals surface area contributed by atoms with Crippen molar-refractivity contribution in [1.29, 1.82) is 0 Å². The van der Waals surface area contributed by atoms with E-state index >= 15 is 0 Å². The van der Waals surface area contributed by atoms with Crippen molar-refractivity contribution in [3.8, 4) is 22.8 Å². The van der Waals surface area contributed by atoms with Gasteiger partial charge in [-0.15, -0.1) is 0 Å². The van der Waals surface area contributed by atoms with E-state index in [1.807, 2.05) is 48.5 Å². The molecule has 4 rings (SSSR count). The first kappa shape index (κ1) is 15.8. The molecule has 1 N–H and O–H groups in total. The molecule has 1 heterocycles. The van der Waals surface area contributed by atoms with Crippen LogP contribution in [-0.2, 0) is 0 Å². The molecular formula is C20H13IN2O2. The first-order chi connectivity index (χ1) is 12.1. The van der Waals surface area contributed by atoms with Gasteiger partial charge in [-0.3, -0.25) is 9.36 Å². The summed E-state index contributed by atoms with van der Waals surface area (Å²) < 4.78 is 2.57. The fourth-order valence-electron chi connectivity index (χ4n) is 2.78. The molecule has 0 aliphatic heterocycles. The van der Waals surface area contributed by atoms with Gasteiger partial charge in [0.05, 0.1) is 16.6 Å². The molecule has 0 bridgehead atoms. The summed E-state index contributed by atoms with van der Waals surface area (Å²) in [4.78, 5) is 18.0. The Kier molecular flexibility index (Phi) is 4.01. The molecule has 0 atom stereocenters. The average Bonchev–Trinajstić information content (AvgIpc) is 2.64. The molecule has 25 heavy (non-hydrogen) atoms. The number of rotatable bonds is 2. The maximum atomic E-state index is 13.2. The number of fused-ring (bicyclic) bond motifs is 1. The van der Waals surface area contributed by atoms with Crippen molar-refractivity contribution in [2.75, 3.05) is 0 Å². The highest BCUT2D eigenvalue weighted by Gasteiger charge is 2.14. The van der Waals surface area contributed by atoms with Crippen molar-refractivity contribution in [1.82, 2.24) is 9.55 Å². The molecule has 0 spiro atoms. The van der Waals surface area contributed by atoms with Gasteiger partial charge in [0.15, 0.2) is 0 Å². The molecule has 4 aromatic rings. The van der Waals surface area contributed by atoms with Gasteiger partial charge >= 0.3 is 0 Å². The third-order valence-corrected chi connectivity index (χ3v) is 4.64. The number of nitrogens with zero attached hydrogens (tertiary/aromatic N) is 2. The minimum atomic E-state index is -0.131. The molecule has 0 saturated carbocycles. The van der Waals surface area contributed by atoms with Crippen molar-refractivity contribution < 1.29 is 5.11 Å². The van der Waals surface area contributed by atoms with Gasteiger partial charge in [0.25, 0.3) is 5.56 Å². The summed E-state index contributed by atoms with van der Waals surface area (Å²) in [7, 11) is 0. The molecular weight excluding hydrogens is 427 g/mol. The predicted octanol–water partition coefficient (Wildman–Crippen LogP) is 4.36. The second-order valence-corrected chi connectivity index (χ2v) is 6.87. The zero-order valence-electron chi connectivity index (χ0n) is 13.1. The van der Waals surface area contributed by atoms with Crippen molar-refractivity contribution in [2.45, 2.75) is 0 Å². The second kappa shape index (κ2) is 6.33. The summed E-state index contributed by atoms with van der Waals surface area (Å²) in [5.41, 5.74) is 2.05. The lowest BCUT2D eigenvalue weighted by Crippen LogP contribution is -2.22. The third kappa shape index (κ3) is 2.91. The SMILES string of the molecule is O=c1c2cc(I)ccc2nc(-c2ccccc2)n1-c1ccc(O)cc1. The molecule has 1 aromatic heterocycles. The van der Waals surface area contributed by atoms with E-state index in [1.54, 1.807) is 28.8 Å². The Morgan fingerprint density at radius 3 is 2.36 bits per heavy atom. The molecule has 4 nitrogen and oxygen atoms in total. The molecule has 0 fully saturated rings. The number of benzene rings is 3. The summed E-state index contributed by atoms with van der Waals surface area (Å²) >= 11 is 2.19. The highest BCUT2D eigenvalue weighted by Crippen LogP contribution is 2.23. The van der Waals surface area contributed by atoms with Crippen LogP contribution >= 0.6 is 22.6 Å². The standard InChI is InChI=1S/C20H13IN2O2/c21-14-6-11-18-17(12-14)20(25)23(15-7-9-16(24)10-8-15)19(22-18)13-4-2-1-3-5-13/h1-12,24H. The molecule has 0 amide bonds. The maximum Gasteiger partial charge on any atom is 0.266 e. The first-order valence-electron chi connectivity index (χ1n) is 7.70. The van der Waals surface area contributed by atoms with Crippen molar-refractivity contribution in [3.63, 3.8) is 0 Å². The molecule has 0 aliphatic rings. The molecule has 122 valence electrons. The van der Waals surface area contributed by atoms with Gasteiger partial charge in [-0.2, -0.15) is 0 Å². The van der Waals surface area contributed by atoms with E-state index in [0.717, 1.165) is 9.13 Å². The van der Waals surface area contributed by atoms with Gasteiger partial charge in [-0.25, -0.2) is 4.98 Å². The minimum Gasteiger partial charge on any atom is -0.508 e. The zero-order chi connectivity index (χ0) is 17.4. The van der Waals surface area contributed by atoms with Crippen LogP contribution in [0.15, 0.2) is 77.6 Å². The molecule has 0 aliphatic carbocycles. The monoisotopic (exact) mass is 440 g/mol. The first-order valence-corrected chi connectivity index (χ1v) is 8.78. The quantitative estimate of drug-likeness (QED) is 0.472. The summed E-state index contributed by atoms with van der Waals surface area (Å²) in [5, 5.41) is 10.1. The van der Waals surface area contributed by atoms with Gasteiger partial charge in [0.1, 0.15) is 11.6 Å². The van der Waals surface area contributed by atoms with Gasteiger partial charge < -0.3 is 5.11 Å². The van der Waals surface area contributed by atoms with Gasteiger partial charge in [0.2, 0.25) is 0 Å². The Balaban J connectivity index is 2.12. The number of phenolic OH excluding ortho intramolecular Hbond substituents is 1. The summed E-state index contributed by atoms with van der Waals surface area (Å²) in [6.45, 7) is 0. The Morgan fingerprint density at radius 1 is 0.920 bits per heavy atom. The smallest absolute Gasteiger partial charge is 0.266 e. The van der Waals surface area contributed by atoms with Crippen LogP contribution in [0.5, 0.6) is 5.75 Å². The van der Waals surface area contributed by atoms with E-state index in [2.05, 4.69) is 22.6 Å². The largest absolute Gasteiger partial charge is 0.508 e. The van der Waals surface area contributed by atoms with Crippen LogP contribution in [0.3, 0.4) is 0 Å². The second-order valence-electron chi connectivity index (χ2n) is 5.62. The maximum absolute atomic E-state index is 13.2. The van der Waals surface area contributed by atoms with Crippen LogP contribution in [0, 0.1) is 3.57 Å². The topological polar surface area (TPSA) is 55.1 Å². The number of halogens is 1. The van der Waals surface area contributed by atoms with Crippen LogP contribution in [0.25, 0.3) is 28.0 Å². The minimum absolute atomic E-state index is 0.131. The fraction of sp³-hybridized carbons (Fsp3) is 0. The van der Waals surface area contributed by atoms with Crippen LogP contribution in [0.1, 0.15) is 0 Å². The molecule has 3 aromatic carbocycles. The Hall–Kier alpha value is -2.67. The lowest BCUT2D eigenvalue weighted by atomic mass is 10.1. The van der Waals surface area contributed by atoms with Gasteiger partial charge in [-0.05, 0) is 65.1 Å². The summed E-state index contributed by atoms with van der Waals surface area (Å²) in [5.74, 6) is 0.728. The highest BCUT2D eigenvalue weighted by molar-refractivity contribution is 14.1. The van der Waals surface area contributed by atoms with E-state index in [-0.39, 0.29) is 11.3 Å². The van der Waals surface area contributed by atoms with E-state index in [4.69, 9.17) is 4.98 Å². The van der Waals surface area contributed by atoms with Crippen molar-refractivity contribution >= 4 is 33.5 Å². The number of aromatic nitrogens is 2. The van der Waals surface area contributed by atoms with E-state index in [1.165, 1.54) is 0 Å². The Morgan fingerprint density at radius 2 is 1.64 bits per heavy atom. The molecule has 0 saturated heterocycles. The van der Waals surface area contributed by atoms with Gasteiger partial charge in [-0.1, -0.05) is 30.3 Å². The third-order valence-electron chi connectivity index (χ3n) is 3.97. The number of aromatic hydroxyl groups is 1. The average molecular weight is 440 g/mol.